The van der Waals surface area contributed by atoms with Gasteiger partial charge in [0.15, 0.2) is 5.12 Å². The third kappa shape index (κ3) is 6.81. The molecule has 0 saturated carbocycles. The van der Waals surface area contributed by atoms with Gasteiger partial charge in [-0.05, 0) is 48.0 Å². The predicted octanol–water partition coefficient (Wildman–Crippen LogP) is 2.99. The van der Waals surface area contributed by atoms with Crippen LogP contribution >= 0.6 is 11.8 Å². The minimum absolute atomic E-state index is 0.0380. The minimum atomic E-state index is -0.721. The maximum Gasteiger partial charge on any atom is 0.411 e. The average molecular weight is 345 g/mol. The highest BCUT2D eigenvalue weighted by molar-refractivity contribution is 8.14. The second kappa shape index (κ2) is 7.11. The Hall–Kier alpha value is -1.24. The fourth-order valence-electron chi connectivity index (χ4n) is 2.23. The van der Waals surface area contributed by atoms with E-state index in [1.807, 2.05) is 0 Å². The van der Waals surface area contributed by atoms with E-state index in [1.165, 1.54) is 11.8 Å². The highest BCUT2D eigenvalue weighted by Gasteiger charge is 2.43. The summed E-state index contributed by atoms with van der Waals surface area (Å²) in [6.07, 6.45) is -0.168. The van der Waals surface area contributed by atoms with E-state index in [-0.39, 0.29) is 10.4 Å². The van der Waals surface area contributed by atoms with Crippen molar-refractivity contribution >= 4 is 28.9 Å². The first-order valence-corrected chi connectivity index (χ1v) is 8.56. The van der Waals surface area contributed by atoms with E-state index in [0.29, 0.717) is 13.0 Å². The van der Waals surface area contributed by atoms with Crippen molar-refractivity contribution in [2.24, 2.45) is 0 Å². The van der Waals surface area contributed by atoms with Gasteiger partial charge in [-0.25, -0.2) is 9.59 Å². The molecule has 0 aromatic heterocycles. The molecule has 0 spiro atoms. The molecule has 1 saturated heterocycles. The Kier molecular flexibility index (Phi) is 6.12. The molecule has 0 radical (unpaired) electrons. The summed E-state index contributed by atoms with van der Waals surface area (Å²) >= 11 is 1.14. The van der Waals surface area contributed by atoms with Gasteiger partial charge in [0.25, 0.3) is 0 Å². The molecule has 0 aromatic carbocycles. The van der Waals surface area contributed by atoms with Gasteiger partial charge in [0.2, 0.25) is 0 Å². The fraction of sp³-hybridized carbons (Fsp3) is 0.812. The lowest BCUT2D eigenvalue weighted by molar-refractivity contribution is -0.160. The van der Waals surface area contributed by atoms with E-state index in [4.69, 9.17) is 9.47 Å². The van der Waals surface area contributed by atoms with Gasteiger partial charge in [-0.3, -0.25) is 9.69 Å². The Balaban J connectivity index is 2.90. The Bertz CT molecular complexity index is 442. The van der Waals surface area contributed by atoms with Crippen molar-refractivity contribution in [2.75, 3.05) is 6.54 Å². The number of likely N-dealkylation sites (tertiary alicyclic amines) is 1. The quantitative estimate of drug-likeness (QED) is 0.716. The van der Waals surface area contributed by atoms with Gasteiger partial charge in [0.05, 0.1) is 0 Å². The smallest absolute Gasteiger partial charge is 0.411 e. The first-order valence-electron chi connectivity index (χ1n) is 7.68. The molecule has 23 heavy (non-hydrogen) atoms. The van der Waals surface area contributed by atoms with Crippen LogP contribution in [0.2, 0.25) is 0 Å². The van der Waals surface area contributed by atoms with E-state index in [0.717, 1.165) is 11.8 Å². The lowest BCUT2D eigenvalue weighted by atomic mass is 10.1. The number of hydrogen-bond donors (Lipinski definition) is 0. The maximum atomic E-state index is 12.4. The van der Waals surface area contributed by atoms with E-state index in [2.05, 4.69) is 0 Å². The molecule has 1 heterocycles. The van der Waals surface area contributed by atoms with Gasteiger partial charge < -0.3 is 9.47 Å². The third-order valence-electron chi connectivity index (χ3n) is 2.90. The largest absolute Gasteiger partial charge is 0.458 e. The average Bonchev–Trinajstić information content (AvgIpc) is 2.67. The zero-order valence-electron chi connectivity index (χ0n) is 15.0. The molecule has 1 rings (SSSR count). The molecule has 0 N–H and O–H groups in total. The number of rotatable bonds is 2. The molecule has 1 aliphatic rings. The van der Waals surface area contributed by atoms with Crippen LogP contribution in [0.25, 0.3) is 0 Å². The molecule has 0 aliphatic carbocycles. The van der Waals surface area contributed by atoms with Gasteiger partial charge in [-0.15, -0.1) is 0 Å². The van der Waals surface area contributed by atoms with Crippen LogP contribution in [0.4, 0.5) is 4.79 Å². The summed E-state index contributed by atoms with van der Waals surface area (Å²) in [5, 5.41) is -0.165. The molecule has 2 atom stereocenters. The van der Waals surface area contributed by atoms with Gasteiger partial charge >= 0.3 is 12.1 Å². The summed E-state index contributed by atoms with van der Waals surface area (Å²) < 4.78 is 10.8. The maximum absolute atomic E-state index is 12.4. The Morgan fingerprint density at radius 3 is 1.96 bits per heavy atom. The highest BCUT2D eigenvalue weighted by Crippen LogP contribution is 2.31. The Morgan fingerprint density at radius 1 is 1.00 bits per heavy atom. The summed E-state index contributed by atoms with van der Waals surface area (Å²) in [6.45, 7) is 12.4. The molecule has 1 amide bonds. The van der Waals surface area contributed by atoms with Crippen LogP contribution in [-0.2, 0) is 19.1 Å². The molecule has 132 valence electrons. The van der Waals surface area contributed by atoms with Crippen molar-refractivity contribution in [3.05, 3.63) is 0 Å². The van der Waals surface area contributed by atoms with Crippen LogP contribution in [0.3, 0.4) is 0 Å². The van der Waals surface area contributed by atoms with Gasteiger partial charge in [0, 0.05) is 18.7 Å². The van der Waals surface area contributed by atoms with Gasteiger partial charge in [-0.2, -0.15) is 0 Å². The normalized spacial score (nSPS) is 22.0. The summed E-state index contributed by atoms with van der Waals surface area (Å²) in [6, 6.07) is -0.721. The number of carbonyl (C=O) groups excluding carboxylic acids is 3. The number of carbonyl (C=O) groups is 3. The molecular weight excluding hydrogens is 318 g/mol. The van der Waals surface area contributed by atoms with Crippen molar-refractivity contribution in [3.63, 3.8) is 0 Å². The summed E-state index contributed by atoms with van der Waals surface area (Å²) in [5.41, 5.74) is -1.29. The molecule has 6 nitrogen and oxygen atoms in total. The topological polar surface area (TPSA) is 72.9 Å². The number of thioether (sulfide) groups is 1. The van der Waals surface area contributed by atoms with Crippen LogP contribution < -0.4 is 0 Å². The van der Waals surface area contributed by atoms with Crippen LogP contribution in [0.15, 0.2) is 0 Å². The lowest BCUT2D eigenvalue weighted by Crippen LogP contribution is -2.45. The summed E-state index contributed by atoms with van der Waals surface area (Å²) in [7, 11) is 0. The zero-order chi connectivity index (χ0) is 18.0. The Morgan fingerprint density at radius 2 is 1.52 bits per heavy atom. The highest BCUT2D eigenvalue weighted by atomic mass is 32.2. The molecule has 0 bridgehead atoms. The molecule has 7 heteroatoms. The van der Waals surface area contributed by atoms with Gasteiger partial charge in [-0.1, -0.05) is 11.8 Å². The third-order valence-corrected chi connectivity index (χ3v) is 3.91. The number of nitrogens with zero attached hydrogens (tertiary/aromatic N) is 1. The van der Waals surface area contributed by atoms with Crippen molar-refractivity contribution < 1.29 is 23.9 Å². The van der Waals surface area contributed by atoms with E-state index >= 15 is 0 Å². The van der Waals surface area contributed by atoms with Crippen molar-refractivity contribution in [1.82, 2.24) is 4.90 Å². The van der Waals surface area contributed by atoms with Crippen molar-refractivity contribution in [2.45, 2.75) is 77.4 Å². The second-order valence-corrected chi connectivity index (χ2v) is 9.13. The van der Waals surface area contributed by atoms with Crippen LogP contribution in [-0.4, -0.2) is 51.1 Å². The predicted molar refractivity (Wildman–Crippen MR) is 89.3 cm³/mol. The van der Waals surface area contributed by atoms with Crippen LogP contribution in [0, 0.1) is 0 Å². The van der Waals surface area contributed by atoms with Crippen molar-refractivity contribution in [1.29, 1.82) is 0 Å². The number of esters is 1. The first kappa shape index (κ1) is 19.8. The molecular formula is C16H27NO5S. The summed E-state index contributed by atoms with van der Waals surface area (Å²) in [5.74, 6) is -0.463. The second-order valence-electron chi connectivity index (χ2n) is 7.65. The Labute approximate surface area is 142 Å². The van der Waals surface area contributed by atoms with Crippen LogP contribution in [0.1, 0.15) is 54.9 Å². The molecule has 0 unspecified atom stereocenters. The SMILES string of the molecule is CC(=O)S[C@@H]1C[C@@H](C(=O)OC(C)(C)C)N(C(=O)OC(C)(C)C)C1. The number of amides is 1. The standard InChI is InChI=1S/C16H27NO5S/c1-10(18)23-11-8-12(13(19)21-15(2,3)4)17(9-11)14(20)22-16(5,6)7/h11-12H,8-9H2,1-7H3/t11-,12+/m1/s1. The first-order chi connectivity index (χ1) is 10.3. The fourth-order valence-corrected chi connectivity index (χ4v) is 3.22. The van der Waals surface area contributed by atoms with E-state index in [1.54, 1.807) is 41.5 Å². The minimum Gasteiger partial charge on any atom is -0.458 e. The zero-order valence-corrected chi connectivity index (χ0v) is 15.8. The monoisotopic (exact) mass is 345 g/mol. The van der Waals surface area contributed by atoms with E-state index < -0.39 is 29.3 Å². The number of hydrogen-bond acceptors (Lipinski definition) is 6. The molecule has 1 fully saturated rings. The van der Waals surface area contributed by atoms with E-state index in [9.17, 15) is 14.4 Å². The van der Waals surface area contributed by atoms with Crippen LogP contribution in [0.5, 0.6) is 0 Å². The number of ether oxygens (including phenoxy) is 2. The molecule has 0 aromatic rings. The lowest BCUT2D eigenvalue weighted by Gasteiger charge is -2.29. The summed E-state index contributed by atoms with van der Waals surface area (Å²) in [4.78, 5) is 37.5. The molecule has 1 aliphatic heterocycles. The van der Waals surface area contributed by atoms with Gasteiger partial charge in [0.1, 0.15) is 17.2 Å². The van der Waals surface area contributed by atoms with Crippen molar-refractivity contribution in [3.8, 4) is 0 Å².